The summed E-state index contributed by atoms with van der Waals surface area (Å²) in [6.07, 6.45) is 3.06. The summed E-state index contributed by atoms with van der Waals surface area (Å²) < 4.78 is 26.6. The zero-order valence-corrected chi connectivity index (χ0v) is 30.7. The maximum absolute atomic E-state index is 14.3. The summed E-state index contributed by atoms with van der Waals surface area (Å²) in [5.74, 6) is 1.02. The van der Waals surface area contributed by atoms with Gasteiger partial charge in [0.15, 0.2) is 16.3 Å². The van der Waals surface area contributed by atoms with E-state index in [1.54, 1.807) is 50.0 Å². The van der Waals surface area contributed by atoms with Crippen LogP contribution in [0.4, 0.5) is 0 Å². The van der Waals surface area contributed by atoms with Crippen molar-refractivity contribution in [2.75, 3.05) is 20.8 Å². The first kappa shape index (κ1) is 34.4. The van der Waals surface area contributed by atoms with E-state index in [1.807, 2.05) is 43.3 Å². The molecule has 0 fully saturated rings. The van der Waals surface area contributed by atoms with Gasteiger partial charge in [-0.05, 0) is 84.0 Å². The molecule has 0 spiro atoms. The van der Waals surface area contributed by atoms with Crippen molar-refractivity contribution >= 4 is 61.9 Å². The van der Waals surface area contributed by atoms with Gasteiger partial charge < -0.3 is 18.9 Å². The van der Waals surface area contributed by atoms with Crippen LogP contribution in [0.15, 0.2) is 80.1 Å². The van der Waals surface area contributed by atoms with Crippen molar-refractivity contribution in [1.82, 2.24) is 4.57 Å². The van der Waals surface area contributed by atoms with Gasteiger partial charge in [-0.2, -0.15) is 5.26 Å². The number of halogens is 2. The first-order valence-electron chi connectivity index (χ1n) is 14.8. The summed E-state index contributed by atoms with van der Waals surface area (Å²) in [7, 11) is 3.11. The van der Waals surface area contributed by atoms with E-state index in [4.69, 9.17) is 23.9 Å². The first-order valence-corrected chi connectivity index (χ1v) is 17.5. The maximum Gasteiger partial charge on any atom is 0.338 e. The maximum atomic E-state index is 14.3. The smallest absolute Gasteiger partial charge is 0.338 e. The van der Waals surface area contributed by atoms with Crippen molar-refractivity contribution in [3.05, 3.63) is 116 Å². The van der Waals surface area contributed by atoms with Crippen LogP contribution in [-0.4, -0.2) is 31.4 Å². The molecule has 0 unspecified atom stereocenters. The summed E-state index contributed by atoms with van der Waals surface area (Å²) in [5, 5.41) is 9.45. The standard InChI is InChI=1S/C35H31BrIN3O6S/c1-5-9-26-30(34(42)45-6-2)31(24-17-23(36)12-13-27(24)43-3)40-33(41)29(47-35(40)39-26)16-20-14-25(37)32(28(15-20)44-4)46-19-22-11-8-7-10-21(22)18-38/h7-8,10-17,31H,5-6,9,19H2,1-4H3/b29-16+/t31-/m0/s1. The van der Waals surface area contributed by atoms with Crippen LogP contribution in [0.3, 0.4) is 0 Å². The van der Waals surface area contributed by atoms with Gasteiger partial charge in [0.05, 0.1) is 51.8 Å². The highest BCUT2D eigenvalue weighted by Gasteiger charge is 2.36. The SMILES string of the molecule is CCCC1=C(C(=O)OCC)[C@H](c2cc(Br)ccc2OC)n2c(s/c(=C/c3cc(I)c(OCc4ccccc4C#N)c(OC)c3)c2=O)=N1. The molecule has 9 nitrogen and oxygen atoms in total. The molecule has 0 N–H and O–H groups in total. The van der Waals surface area contributed by atoms with Crippen molar-refractivity contribution in [1.29, 1.82) is 5.26 Å². The summed E-state index contributed by atoms with van der Waals surface area (Å²) >= 11 is 6.97. The number of aromatic nitrogens is 1. The van der Waals surface area contributed by atoms with Crippen molar-refractivity contribution in [3.63, 3.8) is 0 Å². The molecule has 242 valence electrons. The Morgan fingerprint density at radius 2 is 1.89 bits per heavy atom. The second kappa shape index (κ2) is 15.3. The van der Waals surface area contributed by atoms with Gasteiger partial charge in [-0.3, -0.25) is 9.36 Å². The number of benzene rings is 3. The topological polar surface area (TPSA) is 112 Å². The molecular formula is C35H31BrIN3O6S. The molecule has 0 radical (unpaired) electrons. The van der Waals surface area contributed by atoms with Gasteiger partial charge in [-0.15, -0.1) is 0 Å². The zero-order valence-electron chi connectivity index (χ0n) is 26.1. The Kier molecular flexibility index (Phi) is 11.2. The predicted molar refractivity (Wildman–Crippen MR) is 192 cm³/mol. The highest BCUT2D eigenvalue weighted by Crippen LogP contribution is 2.39. The van der Waals surface area contributed by atoms with E-state index >= 15 is 0 Å². The van der Waals surface area contributed by atoms with E-state index in [0.717, 1.165) is 25.6 Å². The fraction of sp³-hybridized carbons (Fsp3) is 0.257. The molecule has 0 saturated heterocycles. The molecule has 2 heterocycles. The highest BCUT2D eigenvalue weighted by atomic mass is 127. The van der Waals surface area contributed by atoms with Gasteiger partial charge in [-0.1, -0.05) is 58.8 Å². The molecule has 0 amide bonds. The average Bonchev–Trinajstić information content (AvgIpc) is 3.37. The first-order chi connectivity index (χ1) is 22.7. The third kappa shape index (κ3) is 7.17. The van der Waals surface area contributed by atoms with Gasteiger partial charge >= 0.3 is 5.97 Å². The van der Waals surface area contributed by atoms with Crippen LogP contribution in [0, 0.1) is 14.9 Å². The Morgan fingerprint density at radius 3 is 2.60 bits per heavy atom. The van der Waals surface area contributed by atoms with E-state index < -0.39 is 12.0 Å². The Labute approximate surface area is 298 Å². The van der Waals surface area contributed by atoms with Crippen molar-refractivity contribution in [2.24, 2.45) is 4.99 Å². The van der Waals surface area contributed by atoms with Crippen LogP contribution in [0.1, 0.15) is 55.0 Å². The van der Waals surface area contributed by atoms with Crippen molar-refractivity contribution in [3.8, 4) is 23.3 Å². The van der Waals surface area contributed by atoms with Crippen LogP contribution in [0.2, 0.25) is 0 Å². The molecule has 47 heavy (non-hydrogen) atoms. The minimum absolute atomic E-state index is 0.180. The predicted octanol–water partition coefficient (Wildman–Crippen LogP) is 6.41. The Morgan fingerprint density at radius 1 is 1.13 bits per heavy atom. The number of hydrogen-bond acceptors (Lipinski definition) is 9. The number of nitrogens with zero attached hydrogens (tertiary/aromatic N) is 3. The van der Waals surface area contributed by atoms with E-state index in [-0.39, 0.29) is 18.8 Å². The molecule has 1 aliphatic rings. The summed E-state index contributed by atoms with van der Waals surface area (Å²) in [6, 6.07) is 17.8. The van der Waals surface area contributed by atoms with Crippen LogP contribution >= 0.6 is 49.9 Å². The normalized spacial score (nSPS) is 14.2. The second-order valence-electron chi connectivity index (χ2n) is 10.4. The van der Waals surface area contributed by atoms with E-state index in [0.29, 0.717) is 55.4 Å². The number of carbonyl (C=O) groups is 1. The van der Waals surface area contributed by atoms with Gasteiger partial charge in [0, 0.05) is 15.6 Å². The Bertz CT molecular complexity index is 2100. The lowest BCUT2D eigenvalue weighted by Gasteiger charge is -2.27. The second-order valence-corrected chi connectivity index (χ2v) is 13.5. The van der Waals surface area contributed by atoms with Crippen molar-refractivity contribution < 1.29 is 23.7 Å². The van der Waals surface area contributed by atoms with E-state index in [2.05, 4.69) is 44.6 Å². The molecule has 4 aromatic rings. The Balaban J connectivity index is 1.65. The number of fused-ring (bicyclic) bond motifs is 1. The molecular weight excluding hydrogens is 797 g/mol. The van der Waals surface area contributed by atoms with Crippen LogP contribution in [0.5, 0.6) is 17.2 Å². The zero-order chi connectivity index (χ0) is 33.7. The molecule has 5 rings (SSSR count). The lowest BCUT2D eigenvalue weighted by molar-refractivity contribution is -0.139. The molecule has 0 saturated carbocycles. The molecule has 12 heteroatoms. The Hall–Kier alpha value is -3.93. The fourth-order valence-corrected chi connectivity index (χ4v) is 7.53. The molecule has 3 aromatic carbocycles. The minimum atomic E-state index is -0.816. The van der Waals surface area contributed by atoms with Crippen LogP contribution in [-0.2, 0) is 16.1 Å². The average molecular weight is 829 g/mol. The number of esters is 1. The summed E-state index contributed by atoms with van der Waals surface area (Å²) in [4.78, 5) is 33.1. The molecule has 0 bridgehead atoms. The van der Waals surface area contributed by atoms with Crippen molar-refractivity contribution in [2.45, 2.75) is 39.3 Å². The monoisotopic (exact) mass is 827 g/mol. The molecule has 1 atom stereocenters. The van der Waals surface area contributed by atoms with E-state index in [9.17, 15) is 14.9 Å². The van der Waals surface area contributed by atoms with Gasteiger partial charge in [-0.25, -0.2) is 9.79 Å². The van der Waals surface area contributed by atoms with Gasteiger partial charge in [0.2, 0.25) is 0 Å². The summed E-state index contributed by atoms with van der Waals surface area (Å²) in [5.41, 5.74) is 3.26. The number of ether oxygens (including phenoxy) is 4. The molecule has 1 aliphatic heterocycles. The highest BCUT2D eigenvalue weighted by molar-refractivity contribution is 14.1. The third-order valence-corrected chi connectivity index (χ3v) is 9.72. The van der Waals surface area contributed by atoms with Gasteiger partial charge in [0.1, 0.15) is 18.4 Å². The number of hydrogen-bond donors (Lipinski definition) is 0. The summed E-state index contributed by atoms with van der Waals surface area (Å²) in [6.45, 7) is 4.13. The number of allylic oxidation sites excluding steroid dienone is 1. The largest absolute Gasteiger partial charge is 0.496 e. The quantitative estimate of drug-likeness (QED) is 0.127. The van der Waals surface area contributed by atoms with Gasteiger partial charge in [0.25, 0.3) is 5.56 Å². The number of thiazole rings is 1. The number of rotatable bonds is 11. The molecule has 1 aromatic heterocycles. The number of carbonyl (C=O) groups excluding carboxylic acids is 1. The lowest BCUT2D eigenvalue weighted by Crippen LogP contribution is -2.40. The number of methoxy groups -OCH3 is 2. The minimum Gasteiger partial charge on any atom is -0.496 e. The number of nitriles is 1. The van der Waals surface area contributed by atoms with Crippen LogP contribution in [0.25, 0.3) is 6.08 Å². The molecule has 0 aliphatic carbocycles. The van der Waals surface area contributed by atoms with E-state index in [1.165, 1.54) is 11.3 Å². The third-order valence-electron chi connectivity index (χ3n) is 7.44. The lowest BCUT2D eigenvalue weighted by atomic mass is 9.93. The fourth-order valence-electron chi connectivity index (χ4n) is 5.35. The van der Waals surface area contributed by atoms with Crippen LogP contribution < -0.4 is 29.1 Å².